The molecular formula is C20H22N4O4S. The lowest BCUT2D eigenvalue weighted by atomic mass is 10.1. The number of hydrogen-bond acceptors (Lipinski definition) is 5. The number of rotatable bonds is 5. The maximum absolute atomic E-state index is 12.7. The fraction of sp³-hybridized carbons (Fsp3) is 0.250. The molecule has 1 aliphatic rings. The molecule has 3 rings (SSSR count). The maximum atomic E-state index is 12.7. The van der Waals surface area contributed by atoms with Crippen molar-refractivity contribution in [2.24, 2.45) is 5.10 Å². The van der Waals surface area contributed by atoms with Crippen LogP contribution in [0.5, 0.6) is 0 Å². The van der Waals surface area contributed by atoms with Gasteiger partial charge in [0.05, 0.1) is 10.6 Å². The first-order valence-electron chi connectivity index (χ1n) is 9.00. The molecule has 0 aliphatic carbocycles. The molecule has 0 saturated carbocycles. The van der Waals surface area contributed by atoms with Crippen molar-refractivity contribution in [2.75, 3.05) is 24.4 Å². The Morgan fingerprint density at radius 1 is 1.10 bits per heavy atom. The van der Waals surface area contributed by atoms with Crippen LogP contribution in [0.1, 0.15) is 18.4 Å². The zero-order chi connectivity index (χ0) is 21.2. The average Bonchev–Trinajstić information content (AvgIpc) is 2.70. The lowest BCUT2D eigenvalue weighted by Crippen LogP contribution is -2.36. The van der Waals surface area contributed by atoms with Crippen molar-refractivity contribution in [3.63, 3.8) is 0 Å². The minimum Gasteiger partial charge on any atom is -0.321 e. The molecule has 0 radical (unpaired) electrons. The van der Waals surface area contributed by atoms with E-state index in [9.17, 15) is 18.0 Å². The van der Waals surface area contributed by atoms with Crippen LogP contribution in [-0.2, 0) is 19.6 Å². The molecule has 29 heavy (non-hydrogen) atoms. The standard InChI is InChI=1S/C20H22N4O4S/c1-14-9-10-15(13-18(14)29(27,28)23(2)3)21-20(26)17-11-12-19(25)24(22-17)16-7-5-4-6-8-16/h4-10,13H,11-12H2,1-3H3,(H,21,26). The number of anilines is 2. The Morgan fingerprint density at radius 2 is 1.79 bits per heavy atom. The summed E-state index contributed by atoms with van der Waals surface area (Å²) in [5.74, 6) is -0.669. The Morgan fingerprint density at radius 3 is 2.45 bits per heavy atom. The van der Waals surface area contributed by atoms with Crippen LogP contribution in [0.2, 0.25) is 0 Å². The summed E-state index contributed by atoms with van der Waals surface area (Å²) < 4.78 is 26.1. The van der Waals surface area contributed by atoms with E-state index < -0.39 is 15.9 Å². The summed E-state index contributed by atoms with van der Waals surface area (Å²) in [4.78, 5) is 25.0. The summed E-state index contributed by atoms with van der Waals surface area (Å²) in [5, 5.41) is 8.11. The third-order valence-electron chi connectivity index (χ3n) is 4.50. The zero-order valence-electron chi connectivity index (χ0n) is 16.4. The van der Waals surface area contributed by atoms with Gasteiger partial charge in [0.25, 0.3) is 5.91 Å². The van der Waals surface area contributed by atoms with E-state index in [4.69, 9.17) is 0 Å². The number of nitrogens with zero attached hydrogens (tertiary/aromatic N) is 3. The van der Waals surface area contributed by atoms with Crippen molar-refractivity contribution in [3.05, 3.63) is 54.1 Å². The first kappa shape index (κ1) is 20.7. The molecule has 1 heterocycles. The van der Waals surface area contributed by atoms with Crippen molar-refractivity contribution >= 4 is 38.9 Å². The highest BCUT2D eigenvalue weighted by Crippen LogP contribution is 2.23. The van der Waals surface area contributed by atoms with E-state index in [2.05, 4.69) is 10.4 Å². The monoisotopic (exact) mass is 414 g/mol. The Labute approximate surface area is 169 Å². The molecule has 0 saturated heterocycles. The number of carbonyl (C=O) groups is 2. The number of para-hydroxylation sites is 1. The van der Waals surface area contributed by atoms with Crippen LogP contribution < -0.4 is 10.3 Å². The van der Waals surface area contributed by atoms with Gasteiger partial charge >= 0.3 is 0 Å². The predicted octanol–water partition coefficient (Wildman–Crippen LogP) is 2.37. The van der Waals surface area contributed by atoms with Gasteiger partial charge in [-0.1, -0.05) is 24.3 Å². The number of aryl methyl sites for hydroxylation is 1. The average molecular weight is 414 g/mol. The van der Waals surface area contributed by atoms with Crippen LogP contribution in [0.15, 0.2) is 58.5 Å². The molecule has 1 aliphatic heterocycles. The van der Waals surface area contributed by atoms with Gasteiger partial charge in [-0.05, 0) is 36.8 Å². The van der Waals surface area contributed by atoms with E-state index in [1.165, 1.54) is 25.2 Å². The molecule has 8 nitrogen and oxygen atoms in total. The van der Waals surface area contributed by atoms with E-state index in [1.807, 2.05) is 6.07 Å². The van der Waals surface area contributed by atoms with Gasteiger partial charge in [-0.2, -0.15) is 5.10 Å². The lowest BCUT2D eigenvalue weighted by Gasteiger charge is -2.23. The van der Waals surface area contributed by atoms with Crippen LogP contribution in [-0.4, -0.2) is 44.3 Å². The zero-order valence-corrected chi connectivity index (χ0v) is 17.2. The topological polar surface area (TPSA) is 99.1 Å². The molecule has 152 valence electrons. The number of carbonyl (C=O) groups excluding carboxylic acids is 2. The Bertz CT molecular complexity index is 1080. The van der Waals surface area contributed by atoms with Crippen molar-refractivity contribution in [1.82, 2.24) is 4.31 Å². The van der Waals surface area contributed by atoms with Crippen LogP contribution in [0.4, 0.5) is 11.4 Å². The summed E-state index contributed by atoms with van der Waals surface area (Å²) in [6.07, 6.45) is 0.373. The predicted molar refractivity (Wildman–Crippen MR) is 111 cm³/mol. The van der Waals surface area contributed by atoms with Gasteiger partial charge in [0.2, 0.25) is 15.9 Å². The molecular weight excluding hydrogens is 392 g/mol. The Balaban J connectivity index is 1.86. The number of benzene rings is 2. The first-order valence-corrected chi connectivity index (χ1v) is 10.4. The SMILES string of the molecule is Cc1ccc(NC(=O)C2=NN(c3ccccc3)C(=O)CC2)cc1S(=O)(=O)N(C)C. The van der Waals surface area contributed by atoms with E-state index in [-0.39, 0.29) is 29.4 Å². The van der Waals surface area contributed by atoms with Crippen molar-refractivity contribution in [1.29, 1.82) is 0 Å². The second-order valence-electron chi connectivity index (χ2n) is 6.81. The lowest BCUT2D eigenvalue weighted by molar-refractivity contribution is -0.118. The fourth-order valence-corrected chi connectivity index (χ4v) is 3.99. The molecule has 0 aromatic heterocycles. The van der Waals surface area contributed by atoms with Gasteiger partial charge in [0.1, 0.15) is 5.71 Å². The summed E-state index contributed by atoms with van der Waals surface area (Å²) in [7, 11) is -0.743. The van der Waals surface area contributed by atoms with Crippen molar-refractivity contribution in [2.45, 2.75) is 24.7 Å². The first-order chi connectivity index (χ1) is 13.7. The quantitative estimate of drug-likeness (QED) is 0.812. The maximum Gasteiger partial charge on any atom is 0.271 e. The Hall–Kier alpha value is -3.04. The normalized spacial score (nSPS) is 14.7. The molecule has 2 aromatic carbocycles. The van der Waals surface area contributed by atoms with Crippen LogP contribution >= 0.6 is 0 Å². The number of amides is 2. The van der Waals surface area contributed by atoms with Crippen LogP contribution in [0.3, 0.4) is 0 Å². The molecule has 2 aromatic rings. The molecule has 9 heteroatoms. The van der Waals surface area contributed by atoms with Gasteiger partial charge in [-0.25, -0.2) is 17.7 Å². The molecule has 0 bridgehead atoms. The number of hydrazone groups is 1. The molecule has 1 N–H and O–H groups in total. The second-order valence-corrected chi connectivity index (χ2v) is 8.93. The molecule has 0 atom stereocenters. The summed E-state index contributed by atoms with van der Waals surface area (Å²) in [5.41, 5.74) is 1.70. The van der Waals surface area contributed by atoms with Crippen LogP contribution in [0, 0.1) is 6.92 Å². The molecule has 0 spiro atoms. The molecule has 2 amide bonds. The highest BCUT2D eigenvalue weighted by molar-refractivity contribution is 7.89. The van der Waals surface area contributed by atoms with E-state index in [0.29, 0.717) is 16.9 Å². The molecule has 0 fully saturated rings. The smallest absolute Gasteiger partial charge is 0.271 e. The third-order valence-corrected chi connectivity index (χ3v) is 6.46. The third kappa shape index (κ3) is 4.36. The number of sulfonamides is 1. The van der Waals surface area contributed by atoms with Crippen molar-refractivity contribution < 1.29 is 18.0 Å². The summed E-state index contributed by atoms with van der Waals surface area (Å²) in [6, 6.07) is 13.6. The summed E-state index contributed by atoms with van der Waals surface area (Å²) >= 11 is 0. The van der Waals surface area contributed by atoms with Gasteiger partial charge in [0.15, 0.2) is 0 Å². The van der Waals surface area contributed by atoms with Gasteiger partial charge < -0.3 is 5.32 Å². The van der Waals surface area contributed by atoms with Gasteiger partial charge in [-0.3, -0.25) is 9.59 Å². The summed E-state index contributed by atoms with van der Waals surface area (Å²) in [6.45, 7) is 1.69. The Kier molecular flexibility index (Phi) is 5.81. The highest BCUT2D eigenvalue weighted by Gasteiger charge is 2.26. The second kappa shape index (κ2) is 8.14. The number of nitrogens with one attached hydrogen (secondary N) is 1. The van der Waals surface area contributed by atoms with Crippen molar-refractivity contribution in [3.8, 4) is 0 Å². The van der Waals surface area contributed by atoms with E-state index >= 15 is 0 Å². The minimum atomic E-state index is -3.64. The van der Waals surface area contributed by atoms with E-state index in [0.717, 1.165) is 4.31 Å². The number of hydrogen-bond donors (Lipinski definition) is 1. The van der Waals surface area contributed by atoms with Crippen LogP contribution in [0.25, 0.3) is 0 Å². The van der Waals surface area contributed by atoms with E-state index in [1.54, 1.807) is 43.3 Å². The fourth-order valence-electron chi connectivity index (χ4n) is 2.84. The minimum absolute atomic E-state index is 0.118. The van der Waals surface area contributed by atoms with Gasteiger partial charge in [-0.15, -0.1) is 0 Å². The molecule has 0 unspecified atom stereocenters. The van der Waals surface area contributed by atoms with Gasteiger partial charge in [0, 0.05) is 32.6 Å². The highest BCUT2D eigenvalue weighted by atomic mass is 32.2. The largest absolute Gasteiger partial charge is 0.321 e.